The lowest BCUT2D eigenvalue weighted by atomic mass is 10.4. The Morgan fingerprint density at radius 2 is 2.12 bits per heavy atom. The first-order chi connectivity index (χ1) is 8.11. The predicted octanol–water partition coefficient (Wildman–Crippen LogP) is -1.07. The Kier molecular flexibility index (Phi) is 7.27. The van der Waals surface area contributed by atoms with E-state index in [-0.39, 0.29) is 18.4 Å². The number of carbonyl (C=O) groups is 2. The van der Waals surface area contributed by atoms with Gasteiger partial charge < -0.3 is 5.32 Å². The standard InChI is InChI=1S/C7H12N6O2.C2H6/c1-5(14)9-2-6-3-13(12-11-6)4-7(15)10-8;1-2/h3H,2,4,8H2,1H3,(H,9,14)(H,10,15);1-2H3. The molecule has 0 aliphatic heterocycles. The molecule has 0 fully saturated rings. The number of nitrogens with zero attached hydrogens (tertiary/aromatic N) is 3. The van der Waals surface area contributed by atoms with Gasteiger partial charge in [0.1, 0.15) is 12.2 Å². The molecule has 0 unspecified atom stereocenters. The zero-order valence-corrected chi connectivity index (χ0v) is 10.2. The highest BCUT2D eigenvalue weighted by Gasteiger charge is 2.04. The predicted molar refractivity (Wildman–Crippen MR) is 61.2 cm³/mol. The van der Waals surface area contributed by atoms with Crippen LogP contribution in [0.4, 0.5) is 0 Å². The lowest BCUT2D eigenvalue weighted by Crippen LogP contribution is -2.33. The summed E-state index contributed by atoms with van der Waals surface area (Å²) in [6, 6.07) is 0. The van der Waals surface area contributed by atoms with Crippen LogP contribution in [0.5, 0.6) is 0 Å². The van der Waals surface area contributed by atoms with Crippen LogP contribution >= 0.6 is 0 Å². The second-order valence-electron chi connectivity index (χ2n) is 2.88. The van der Waals surface area contributed by atoms with Gasteiger partial charge in [-0.05, 0) is 0 Å². The van der Waals surface area contributed by atoms with E-state index in [1.807, 2.05) is 19.3 Å². The zero-order valence-electron chi connectivity index (χ0n) is 10.2. The van der Waals surface area contributed by atoms with Crippen molar-refractivity contribution in [1.29, 1.82) is 0 Å². The summed E-state index contributed by atoms with van der Waals surface area (Å²) >= 11 is 0. The van der Waals surface area contributed by atoms with E-state index in [0.29, 0.717) is 12.2 Å². The third kappa shape index (κ3) is 6.25. The van der Waals surface area contributed by atoms with Crippen LogP contribution in [-0.4, -0.2) is 26.8 Å². The molecule has 1 rings (SSSR count). The molecule has 0 atom stereocenters. The number of aromatic nitrogens is 3. The molecule has 4 N–H and O–H groups in total. The molecule has 1 aromatic rings. The fourth-order valence-corrected chi connectivity index (χ4v) is 0.905. The number of carbonyl (C=O) groups excluding carboxylic acids is 2. The van der Waals surface area contributed by atoms with E-state index < -0.39 is 0 Å². The summed E-state index contributed by atoms with van der Waals surface area (Å²) in [6.45, 7) is 5.70. The highest BCUT2D eigenvalue weighted by molar-refractivity contribution is 5.74. The molecule has 1 heterocycles. The van der Waals surface area contributed by atoms with E-state index in [1.54, 1.807) is 6.20 Å². The highest BCUT2D eigenvalue weighted by Crippen LogP contribution is 1.92. The molecule has 1 aromatic heterocycles. The molecule has 0 aliphatic carbocycles. The summed E-state index contributed by atoms with van der Waals surface area (Å²) in [5.74, 6) is 4.39. The van der Waals surface area contributed by atoms with Crippen molar-refractivity contribution in [3.8, 4) is 0 Å². The zero-order chi connectivity index (χ0) is 13.3. The normalized spacial score (nSPS) is 8.94. The van der Waals surface area contributed by atoms with E-state index in [0.717, 1.165) is 0 Å². The Hall–Kier alpha value is -1.96. The van der Waals surface area contributed by atoms with Gasteiger partial charge in [-0.25, -0.2) is 10.5 Å². The van der Waals surface area contributed by atoms with Gasteiger partial charge in [0.15, 0.2) is 0 Å². The average Bonchev–Trinajstić information content (AvgIpc) is 2.76. The maximum atomic E-state index is 10.9. The number of nitrogens with one attached hydrogen (secondary N) is 2. The lowest BCUT2D eigenvalue weighted by Gasteiger charge is -1.97. The summed E-state index contributed by atoms with van der Waals surface area (Å²) in [6.07, 6.45) is 1.56. The Balaban J connectivity index is 0.00000121. The fraction of sp³-hybridized carbons (Fsp3) is 0.556. The van der Waals surface area contributed by atoms with Crippen molar-refractivity contribution in [3.63, 3.8) is 0 Å². The van der Waals surface area contributed by atoms with E-state index in [1.165, 1.54) is 11.6 Å². The first kappa shape index (κ1) is 15.0. The van der Waals surface area contributed by atoms with E-state index in [4.69, 9.17) is 5.84 Å². The van der Waals surface area contributed by atoms with Gasteiger partial charge in [0.25, 0.3) is 5.91 Å². The van der Waals surface area contributed by atoms with Crippen molar-refractivity contribution in [1.82, 2.24) is 25.7 Å². The Morgan fingerprint density at radius 3 is 2.65 bits per heavy atom. The third-order valence-corrected chi connectivity index (χ3v) is 1.57. The molecule has 0 bridgehead atoms. The second kappa shape index (κ2) is 8.22. The molecule has 2 amide bonds. The Morgan fingerprint density at radius 1 is 1.47 bits per heavy atom. The fourth-order valence-electron chi connectivity index (χ4n) is 0.905. The molecule has 0 saturated carbocycles. The third-order valence-electron chi connectivity index (χ3n) is 1.57. The Bertz CT molecular complexity index is 362. The average molecular weight is 242 g/mol. The molecule has 17 heavy (non-hydrogen) atoms. The van der Waals surface area contributed by atoms with Gasteiger partial charge in [0, 0.05) is 6.92 Å². The van der Waals surface area contributed by atoms with Crippen molar-refractivity contribution in [3.05, 3.63) is 11.9 Å². The number of hydrazine groups is 1. The molecule has 8 heteroatoms. The molecular formula is C9H18N6O2. The molecular weight excluding hydrogens is 224 g/mol. The molecule has 8 nitrogen and oxygen atoms in total. The van der Waals surface area contributed by atoms with Gasteiger partial charge >= 0.3 is 0 Å². The van der Waals surface area contributed by atoms with Crippen LogP contribution in [0.15, 0.2) is 6.20 Å². The first-order valence-corrected chi connectivity index (χ1v) is 5.24. The largest absolute Gasteiger partial charge is 0.351 e. The van der Waals surface area contributed by atoms with Crippen LogP contribution in [0.1, 0.15) is 26.5 Å². The van der Waals surface area contributed by atoms with Crippen LogP contribution in [0.3, 0.4) is 0 Å². The number of amides is 2. The summed E-state index contributed by atoms with van der Waals surface area (Å²) in [5.41, 5.74) is 2.55. The molecule has 96 valence electrons. The highest BCUT2D eigenvalue weighted by atomic mass is 16.2. The number of nitrogens with two attached hydrogens (primary N) is 1. The van der Waals surface area contributed by atoms with Gasteiger partial charge in [-0.2, -0.15) is 0 Å². The van der Waals surface area contributed by atoms with E-state index in [2.05, 4.69) is 15.6 Å². The number of rotatable bonds is 4. The van der Waals surface area contributed by atoms with Gasteiger partial charge in [0.2, 0.25) is 5.91 Å². The minimum Gasteiger partial charge on any atom is -0.351 e. The minimum atomic E-state index is -0.369. The van der Waals surface area contributed by atoms with E-state index in [9.17, 15) is 9.59 Å². The van der Waals surface area contributed by atoms with Gasteiger partial charge in [-0.15, -0.1) is 5.10 Å². The van der Waals surface area contributed by atoms with Crippen LogP contribution < -0.4 is 16.6 Å². The first-order valence-electron chi connectivity index (χ1n) is 5.24. The van der Waals surface area contributed by atoms with Crippen LogP contribution in [0, 0.1) is 0 Å². The monoisotopic (exact) mass is 242 g/mol. The van der Waals surface area contributed by atoms with Gasteiger partial charge in [-0.1, -0.05) is 19.1 Å². The minimum absolute atomic E-state index is 0.00354. The smallest absolute Gasteiger partial charge is 0.255 e. The van der Waals surface area contributed by atoms with Crippen molar-refractivity contribution in [2.45, 2.75) is 33.9 Å². The van der Waals surface area contributed by atoms with Crippen LogP contribution in [0.2, 0.25) is 0 Å². The second-order valence-corrected chi connectivity index (χ2v) is 2.88. The van der Waals surface area contributed by atoms with Crippen LogP contribution in [-0.2, 0) is 22.7 Å². The SMILES string of the molecule is CC.CC(=O)NCc1cn(CC(=O)NN)nn1. The molecule has 0 saturated heterocycles. The summed E-state index contributed by atoms with van der Waals surface area (Å²) in [5, 5.41) is 10.00. The topological polar surface area (TPSA) is 115 Å². The maximum absolute atomic E-state index is 10.9. The maximum Gasteiger partial charge on any atom is 0.255 e. The van der Waals surface area contributed by atoms with Crippen molar-refractivity contribution >= 4 is 11.8 Å². The number of hydrogen-bond donors (Lipinski definition) is 3. The van der Waals surface area contributed by atoms with Gasteiger partial charge in [0.05, 0.1) is 12.7 Å². The molecule has 0 radical (unpaired) electrons. The van der Waals surface area contributed by atoms with E-state index >= 15 is 0 Å². The van der Waals surface area contributed by atoms with Crippen molar-refractivity contribution in [2.75, 3.05) is 0 Å². The quantitative estimate of drug-likeness (QED) is 0.353. The summed E-state index contributed by atoms with van der Waals surface area (Å²) in [4.78, 5) is 21.5. The van der Waals surface area contributed by atoms with Gasteiger partial charge in [-0.3, -0.25) is 15.0 Å². The van der Waals surface area contributed by atoms with Crippen LogP contribution in [0.25, 0.3) is 0 Å². The van der Waals surface area contributed by atoms with Crippen molar-refractivity contribution in [2.24, 2.45) is 5.84 Å². The molecule has 0 spiro atoms. The molecule has 0 aliphatic rings. The molecule has 0 aromatic carbocycles. The summed E-state index contributed by atoms with van der Waals surface area (Å²) in [7, 11) is 0. The Labute approximate surface area is 99.5 Å². The van der Waals surface area contributed by atoms with Crippen molar-refractivity contribution < 1.29 is 9.59 Å². The summed E-state index contributed by atoms with van der Waals surface area (Å²) < 4.78 is 1.33. The lowest BCUT2D eigenvalue weighted by molar-refractivity contribution is -0.122. The number of hydrogen-bond acceptors (Lipinski definition) is 5.